The summed E-state index contributed by atoms with van der Waals surface area (Å²) in [5, 5.41) is 0.939. The van der Waals surface area contributed by atoms with Crippen molar-refractivity contribution in [1.82, 2.24) is 0 Å². The maximum absolute atomic E-state index is 12.8. The number of carbonyl (C=O) groups is 1. The quantitative estimate of drug-likeness (QED) is 0.755. The van der Waals surface area contributed by atoms with E-state index in [0.29, 0.717) is 15.6 Å². The normalized spacial score (nSPS) is 17.1. The predicted molar refractivity (Wildman–Crippen MR) is 82.9 cm³/mol. The van der Waals surface area contributed by atoms with Crippen LogP contribution in [0.2, 0.25) is 10.0 Å². The smallest absolute Gasteiger partial charge is 0.260 e. The van der Waals surface area contributed by atoms with Crippen LogP contribution in [0.4, 0.5) is 5.69 Å². The van der Waals surface area contributed by atoms with E-state index in [4.69, 9.17) is 23.2 Å². The minimum Gasteiger partial charge on any atom is -0.305 e. The van der Waals surface area contributed by atoms with E-state index in [1.165, 1.54) is 5.56 Å². The third kappa shape index (κ3) is 2.19. The van der Waals surface area contributed by atoms with Crippen LogP contribution >= 0.6 is 23.2 Å². The van der Waals surface area contributed by atoms with Crippen LogP contribution in [0.15, 0.2) is 42.5 Å². The standard InChI is InChI=1S/C16H13Cl2NO/c1-10-8-11-4-2-3-5-15(11)19(10)16(20)13-9-12(17)6-7-14(13)18/h2-7,9-10H,8H2,1H3/t10-/m0/s1. The van der Waals surface area contributed by atoms with Crippen molar-refractivity contribution in [3.05, 3.63) is 63.6 Å². The Labute approximate surface area is 127 Å². The zero-order chi connectivity index (χ0) is 14.3. The SMILES string of the molecule is C[C@H]1Cc2ccccc2N1C(=O)c1cc(Cl)ccc1Cl. The molecule has 2 nitrogen and oxygen atoms in total. The van der Waals surface area contributed by atoms with Crippen LogP contribution < -0.4 is 4.90 Å². The lowest BCUT2D eigenvalue weighted by molar-refractivity contribution is 0.0981. The van der Waals surface area contributed by atoms with Gasteiger partial charge >= 0.3 is 0 Å². The van der Waals surface area contributed by atoms with E-state index in [-0.39, 0.29) is 11.9 Å². The molecule has 0 radical (unpaired) electrons. The first-order valence-corrected chi connectivity index (χ1v) is 7.20. The second-order valence-corrected chi connectivity index (χ2v) is 5.82. The van der Waals surface area contributed by atoms with E-state index in [1.54, 1.807) is 23.1 Å². The fourth-order valence-corrected chi connectivity index (χ4v) is 3.04. The topological polar surface area (TPSA) is 20.3 Å². The minimum atomic E-state index is -0.102. The van der Waals surface area contributed by atoms with Crippen LogP contribution in [0, 0.1) is 0 Å². The molecule has 0 saturated heterocycles. The van der Waals surface area contributed by atoms with Gasteiger partial charge in [-0.2, -0.15) is 0 Å². The summed E-state index contributed by atoms with van der Waals surface area (Å²) in [7, 11) is 0. The van der Waals surface area contributed by atoms with Crippen molar-refractivity contribution in [2.24, 2.45) is 0 Å². The summed E-state index contributed by atoms with van der Waals surface area (Å²) in [6.45, 7) is 2.04. The molecule has 0 N–H and O–H groups in total. The van der Waals surface area contributed by atoms with Gasteiger partial charge in [-0.3, -0.25) is 4.79 Å². The molecule has 1 atom stereocenters. The van der Waals surface area contributed by atoms with E-state index in [9.17, 15) is 4.79 Å². The van der Waals surface area contributed by atoms with Gasteiger partial charge in [0.2, 0.25) is 0 Å². The van der Waals surface area contributed by atoms with E-state index in [2.05, 4.69) is 6.07 Å². The lowest BCUT2D eigenvalue weighted by Gasteiger charge is -2.23. The summed E-state index contributed by atoms with van der Waals surface area (Å²) in [6.07, 6.45) is 0.861. The summed E-state index contributed by atoms with van der Waals surface area (Å²) >= 11 is 12.1. The molecule has 1 aliphatic heterocycles. The van der Waals surface area contributed by atoms with Gasteiger partial charge < -0.3 is 4.90 Å². The molecule has 0 aromatic heterocycles. The molecule has 2 aromatic carbocycles. The molecule has 1 heterocycles. The molecule has 3 rings (SSSR count). The van der Waals surface area contributed by atoms with E-state index in [0.717, 1.165) is 12.1 Å². The Morgan fingerprint density at radius 3 is 2.75 bits per heavy atom. The number of benzene rings is 2. The lowest BCUT2D eigenvalue weighted by atomic mass is 10.1. The number of anilines is 1. The van der Waals surface area contributed by atoms with Crippen molar-refractivity contribution in [1.29, 1.82) is 0 Å². The molecule has 4 heteroatoms. The number of nitrogens with zero attached hydrogens (tertiary/aromatic N) is 1. The predicted octanol–water partition coefficient (Wildman–Crippen LogP) is 4.58. The zero-order valence-electron chi connectivity index (χ0n) is 10.9. The van der Waals surface area contributed by atoms with Crippen molar-refractivity contribution in [2.75, 3.05) is 4.90 Å². The maximum atomic E-state index is 12.8. The maximum Gasteiger partial charge on any atom is 0.260 e. The monoisotopic (exact) mass is 305 g/mol. The van der Waals surface area contributed by atoms with Gasteiger partial charge in [0.05, 0.1) is 10.6 Å². The van der Waals surface area contributed by atoms with Gasteiger partial charge in [-0.15, -0.1) is 0 Å². The Kier molecular flexibility index (Phi) is 3.45. The lowest BCUT2D eigenvalue weighted by Crippen LogP contribution is -2.35. The van der Waals surface area contributed by atoms with Crippen LogP contribution in [0.1, 0.15) is 22.8 Å². The molecule has 0 unspecified atom stereocenters. The number of hydrogen-bond acceptors (Lipinski definition) is 1. The van der Waals surface area contributed by atoms with Gasteiger partial charge in [-0.25, -0.2) is 0 Å². The second-order valence-electron chi connectivity index (χ2n) is 4.98. The van der Waals surface area contributed by atoms with Crippen LogP contribution in [0.3, 0.4) is 0 Å². The van der Waals surface area contributed by atoms with Gasteiger partial charge in [0, 0.05) is 16.8 Å². The van der Waals surface area contributed by atoms with Gasteiger partial charge in [0.1, 0.15) is 0 Å². The Morgan fingerprint density at radius 2 is 1.95 bits per heavy atom. The van der Waals surface area contributed by atoms with E-state index < -0.39 is 0 Å². The van der Waals surface area contributed by atoms with Gasteiger partial charge in [0.15, 0.2) is 0 Å². The van der Waals surface area contributed by atoms with Gasteiger partial charge in [0.25, 0.3) is 5.91 Å². The second kappa shape index (κ2) is 5.12. The van der Waals surface area contributed by atoms with Gasteiger partial charge in [-0.05, 0) is 43.2 Å². The molecule has 2 aromatic rings. The summed E-state index contributed by atoms with van der Waals surface area (Å²) in [6, 6.07) is 13.0. The minimum absolute atomic E-state index is 0.102. The Balaban J connectivity index is 2.05. The fraction of sp³-hybridized carbons (Fsp3) is 0.188. The van der Waals surface area contributed by atoms with Crippen LogP contribution in [0.25, 0.3) is 0 Å². The summed E-state index contributed by atoms with van der Waals surface area (Å²) < 4.78 is 0. The number of rotatable bonds is 1. The molecule has 0 aliphatic carbocycles. The third-order valence-electron chi connectivity index (χ3n) is 3.58. The zero-order valence-corrected chi connectivity index (χ0v) is 12.4. The number of halogens is 2. The average Bonchev–Trinajstić information content (AvgIpc) is 2.76. The highest BCUT2D eigenvalue weighted by Crippen LogP contribution is 2.34. The Bertz CT molecular complexity index is 684. The summed E-state index contributed by atoms with van der Waals surface area (Å²) in [5.41, 5.74) is 2.59. The highest BCUT2D eigenvalue weighted by Gasteiger charge is 2.32. The van der Waals surface area contributed by atoms with Crippen LogP contribution in [-0.4, -0.2) is 11.9 Å². The molecule has 1 amide bonds. The van der Waals surface area contributed by atoms with Crippen molar-refractivity contribution in [2.45, 2.75) is 19.4 Å². The number of fused-ring (bicyclic) bond motifs is 1. The Morgan fingerprint density at radius 1 is 1.20 bits per heavy atom. The molecule has 0 spiro atoms. The van der Waals surface area contributed by atoms with Crippen molar-refractivity contribution in [3.63, 3.8) is 0 Å². The number of hydrogen-bond donors (Lipinski definition) is 0. The molecule has 0 bridgehead atoms. The molecule has 102 valence electrons. The molecular formula is C16H13Cl2NO. The molecule has 0 fully saturated rings. The van der Waals surface area contributed by atoms with Crippen LogP contribution in [0.5, 0.6) is 0 Å². The average molecular weight is 306 g/mol. The van der Waals surface area contributed by atoms with Crippen LogP contribution in [-0.2, 0) is 6.42 Å². The fourth-order valence-electron chi connectivity index (χ4n) is 2.67. The summed E-state index contributed by atoms with van der Waals surface area (Å²) in [4.78, 5) is 14.6. The molecule has 20 heavy (non-hydrogen) atoms. The van der Waals surface area contributed by atoms with Gasteiger partial charge in [-0.1, -0.05) is 41.4 Å². The summed E-state index contributed by atoms with van der Waals surface area (Å²) in [5.74, 6) is -0.102. The first-order chi connectivity index (χ1) is 9.58. The van der Waals surface area contributed by atoms with E-state index >= 15 is 0 Å². The number of amides is 1. The van der Waals surface area contributed by atoms with Crippen molar-refractivity contribution >= 4 is 34.8 Å². The molecule has 1 aliphatic rings. The first-order valence-electron chi connectivity index (χ1n) is 6.44. The Hall–Kier alpha value is -1.51. The molecule has 0 saturated carbocycles. The van der Waals surface area contributed by atoms with E-state index in [1.807, 2.05) is 25.1 Å². The largest absolute Gasteiger partial charge is 0.305 e. The first kappa shape index (κ1) is 13.5. The number of carbonyl (C=O) groups excluding carboxylic acids is 1. The van der Waals surface area contributed by atoms with Crippen molar-refractivity contribution < 1.29 is 4.79 Å². The number of para-hydroxylation sites is 1. The third-order valence-corrected chi connectivity index (χ3v) is 4.15. The highest BCUT2D eigenvalue weighted by molar-refractivity contribution is 6.36. The highest BCUT2D eigenvalue weighted by atomic mass is 35.5. The van der Waals surface area contributed by atoms with Crippen molar-refractivity contribution in [3.8, 4) is 0 Å². The molecular weight excluding hydrogens is 293 g/mol.